The Morgan fingerprint density at radius 1 is 0.949 bits per heavy atom. The average Bonchev–Trinajstić information content (AvgIpc) is 2.87. The first kappa shape index (κ1) is 34.3. The van der Waals surface area contributed by atoms with E-state index in [9.17, 15) is 19.2 Å². The number of nitrogens with one attached hydrogen (secondary N) is 4. The monoisotopic (exact) mass is 568 g/mol. The number of carbonyl (C=O) groups excluding carboxylic acids is 4. The lowest BCUT2D eigenvalue weighted by Crippen LogP contribution is -2.52. The first-order chi connectivity index (χ1) is 18.2. The molecule has 0 aliphatic carbocycles. The number of nitrogens with zero attached hydrogens (tertiary/aromatic N) is 2. The Hall–Kier alpha value is -2.77. The zero-order valence-electron chi connectivity index (χ0n) is 24.3. The number of hydrogen-bond donors (Lipinski definition) is 4. The van der Waals surface area contributed by atoms with Gasteiger partial charge in [-0.2, -0.15) is 0 Å². The van der Waals surface area contributed by atoms with Gasteiger partial charge in [0, 0.05) is 25.5 Å². The van der Waals surface area contributed by atoms with E-state index in [0.29, 0.717) is 30.3 Å². The summed E-state index contributed by atoms with van der Waals surface area (Å²) in [6, 6.07) is -0.798. The van der Waals surface area contributed by atoms with Crippen LogP contribution in [0, 0.1) is 5.92 Å². The fraction of sp³-hybridized carbons (Fsp3) is 0.692. The molecule has 0 fully saturated rings. The predicted octanol–water partition coefficient (Wildman–Crippen LogP) is 1.30. The van der Waals surface area contributed by atoms with Gasteiger partial charge in [-0.05, 0) is 53.2 Å². The molecule has 13 heteroatoms. The Morgan fingerprint density at radius 3 is 2.15 bits per heavy atom. The Kier molecular flexibility index (Phi) is 14.4. The molecule has 1 rings (SSSR count). The highest BCUT2D eigenvalue weighted by atomic mass is 32.2. The van der Waals surface area contributed by atoms with Gasteiger partial charge in [0.1, 0.15) is 12.6 Å². The number of carbonyl (C=O) groups is 4. The Bertz CT molecular complexity index is 955. The molecule has 4 N–H and O–H groups in total. The minimum Gasteiger partial charge on any atom is -0.374 e. The lowest BCUT2D eigenvalue weighted by Gasteiger charge is -2.30. The third-order valence-electron chi connectivity index (χ3n) is 5.60. The number of hydrogen-bond acceptors (Lipinski definition) is 9. The molecule has 0 saturated heterocycles. The van der Waals surface area contributed by atoms with Crippen molar-refractivity contribution in [1.82, 2.24) is 31.2 Å². The van der Waals surface area contributed by atoms with Gasteiger partial charge in [0.25, 0.3) is 5.91 Å². The maximum absolute atomic E-state index is 12.5. The van der Waals surface area contributed by atoms with Crippen molar-refractivity contribution in [3.05, 3.63) is 18.0 Å². The molecule has 12 nitrogen and oxygen atoms in total. The van der Waals surface area contributed by atoms with Crippen molar-refractivity contribution < 1.29 is 28.7 Å². The van der Waals surface area contributed by atoms with E-state index < -0.39 is 29.1 Å². The van der Waals surface area contributed by atoms with Gasteiger partial charge in [0.2, 0.25) is 17.7 Å². The summed E-state index contributed by atoms with van der Waals surface area (Å²) in [6.45, 7) is 13.5. The van der Waals surface area contributed by atoms with Gasteiger partial charge in [-0.15, -0.1) is 0 Å². The van der Waals surface area contributed by atoms with Gasteiger partial charge in [-0.3, -0.25) is 19.2 Å². The maximum atomic E-state index is 12.5. The average molecular weight is 569 g/mol. The van der Waals surface area contributed by atoms with Gasteiger partial charge in [-0.1, -0.05) is 25.6 Å². The molecule has 1 aromatic heterocycles. The largest absolute Gasteiger partial charge is 0.374 e. The van der Waals surface area contributed by atoms with Crippen molar-refractivity contribution in [2.75, 3.05) is 39.1 Å². The summed E-state index contributed by atoms with van der Waals surface area (Å²) in [5.74, 6) is -1.64. The van der Waals surface area contributed by atoms with Gasteiger partial charge in [0.05, 0.1) is 29.9 Å². The fourth-order valence-electron chi connectivity index (χ4n) is 3.18. The minimum atomic E-state index is -0.798. The van der Waals surface area contributed by atoms with E-state index in [1.165, 1.54) is 24.2 Å². The van der Waals surface area contributed by atoms with Crippen molar-refractivity contribution in [3.8, 4) is 0 Å². The standard InChI is InChI=1S/C26H44N6O6S/c1-9-27-19(33)14-28-23(36)21(17(2)3)32-20(34)15-38-25(4,5)10-11-37-26(6,7)16-31-22(35)18-12-29-24(39-8)30-13-18/h12-13,17,21H,9-11,14-16H2,1-8H3,(H,27,33)(H,28,36)(H,31,35)(H,32,34). The molecule has 0 aliphatic heterocycles. The van der Waals surface area contributed by atoms with Crippen molar-refractivity contribution in [3.63, 3.8) is 0 Å². The molecule has 1 heterocycles. The molecule has 0 bridgehead atoms. The number of rotatable bonds is 17. The van der Waals surface area contributed by atoms with E-state index in [0.717, 1.165) is 0 Å². The van der Waals surface area contributed by atoms with E-state index >= 15 is 0 Å². The van der Waals surface area contributed by atoms with Crippen LogP contribution in [0.25, 0.3) is 0 Å². The van der Waals surface area contributed by atoms with Crippen LogP contribution in [0.2, 0.25) is 0 Å². The quantitative estimate of drug-likeness (QED) is 0.160. The van der Waals surface area contributed by atoms with Crippen molar-refractivity contribution in [2.24, 2.45) is 5.92 Å². The molecular formula is C26H44N6O6S. The number of aromatic nitrogens is 2. The molecule has 0 aromatic carbocycles. The summed E-state index contributed by atoms with van der Waals surface area (Å²) in [5.41, 5.74) is -0.953. The summed E-state index contributed by atoms with van der Waals surface area (Å²) < 4.78 is 11.8. The first-order valence-electron chi connectivity index (χ1n) is 13.0. The zero-order chi connectivity index (χ0) is 29.6. The van der Waals surface area contributed by atoms with Gasteiger partial charge >= 0.3 is 0 Å². The maximum Gasteiger partial charge on any atom is 0.254 e. The fourth-order valence-corrected chi connectivity index (χ4v) is 3.49. The Labute approximate surface area is 235 Å². The lowest BCUT2D eigenvalue weighted by atomic mass is 10.0. The minimum absolute atomic E-state index is 0.158. The summed E-state index contributed by atoms with van der Waals surface area (Å²) in [6.07, 6.45) is 5.32. The van der Waals surface area contributed by atoms with Crippen LogP contribution in [0.15, 0.2) is 17.6 Å². The van der Waals surface area contributed by atoms with Crippen LogP contribution < -0.4 is 21.3 Å². The van der Waals surface area contributed by atoms with Crippen molar-refractivity contribution in [1.29, 1.82) is 0 Å². The van der Waals surface area contributed by atoms with Gasteiger partial charge in [-0.25, -0.2) is 9.97 Å². The van der Waals surface area contributed by atoms with Crippen LogP contribution >= 0.6 is 11.8 Å². The van der Waals surface area contributed by atoms with Crippen LogP contribution in [-0.2, 0) is 23.9 Å². The Morgan fingerprint density at radius 2 is 1.59 bits per heavy atom. The van der Waals surface area contributed by atoms with Crippen molar-refractivity contribution >= 4 is 35.4 Å². The molecule has 4 amide bonds. The number of likely N-dealkylation sites (N-methyl/N-ethyl adjacent to an activating group) is 1. The summed E-state index contributed by atoms with van der Waals surface area (Å²) in [4.78, 5) is 57.2. The molecule has 0 aliphatic rings. The van der Waals surface area contributed by atoms with E-state index in [-0.39, 0.29) is 37.4 Å². The molecule has 1 aromatic rings. The summed E-state index contributed by atoms with van der Waals surface area (Å²) in [5, 5.41) is 11.3. The highest BCUT2D eigenvalue weighted by Gasteiger charge is 2.27. The van der Waals surface area contributed by atoms with Gasteiger partial charge in [0.15, 0.2) is 5.16 Å². The molecular weight excluding hydrogens is 524 g/mol. The molecule has 1 unspecified atom stereocenters. The van der Waals surface area contributed by atoms with Crippen LogP contribution in [0.1, 0.15) is 65.2 Å². The first-order valence-corrected chi connectivity index (χ1v) is 14.2. The molecule has 0 spiro atoms. The van der Waals surface area contributed by atoms with E-state index in [4.69, 9.17) is 9.47 Å². The predicted molar refractivity (Wildman–Crippen MR) is 149 cm³/mol. The smallest absolute Gasteiger partial charge is 0.254 e. The highest BCUT2D eigenvalue weighted by Crippen LogP contribution is 2.17. The molecule has 39 heavy (non-hydrogen) atoms. The van der Waals surface area contributed by atoms with Crippen LogP contribution in [-0.4, -0.2) is 89.9 Å². The molecule has 220 valence electrons. The highest BCUT2D eigenvalue weighted by molar-refractivity contribution is 7.98. The third-order valence-corrected chi connectivity index (χ3v) is 6.18. The third kappa shape index (κ3) is 13.7. The normalized spacial score (nSPS) is 12.5. The summed E-state index contributed by atoms with van der Waals surface area (Å²) in [7, 11) is 0. The van der Waals surface area contributed by atoms with E-state index in [1.807, 2.05) is 34.0 Å². The second-order valence-electron chi connectivity index (χ2n) is 10.5. The van der Waals surface area contributed by atoms with Crippen LogP contribution in [0.4, 0.5) is 0 Å². The zero-order valence-corrected chi connectivity index (χ0v) is 25.1. The number of amides is 4. The van der Waals surface area contributed by atoms with Crippen LogP contribution in [0.5, 0.6) is 0 Å². The van der Waals surface area contributed by atoms with E-state index in [1.54, 1.807) is 20.8 Å². The summed E-state index contributed by atoms with van der Waals surface area (Å²) >= 11 is 1.40. The molecule has 1 atom stereocenters. The van der Waals surface area contributed by atoms with Gasteiger partial charge < -0.3 is 30.7 Å². The number of thioether (sulfide) groups is 1. The van der Waals surface area contributed by atoms with Crippen LogP contribution in [0.3, 0.4) is 0 Å². The topological polar surface area (TPSA) is 161 Å². The SMILES string of the molecule is CCNC(=O)CNC(=O)C(NC(=O)COC(C)(C)CCOC(C)(C)CNC(=O)c1cnc(SC)nc1)C(C)C. The van der Waals surface area contributed by atoms with Crippen molar-refractivity contribution in [2.45, 2.75) is 77.3 Å². The van der Waals surface area contributed by atoms with E-state index in [2.05, 4.69) is 31.2 Å². The second-order valence-corrected chi connectivity index (χ2v) is 11.3. The second kappa shape index (κ2) is 16.4. The molecule has 0 saturated carbocycles. The lowest BCUT2D eigenvalue weighted by molar-refractivity contribution is -0.138. The Balaban J connectivity index is 2.45. The number of ether oxygens (including phenoxy) is 2. The molecule has 0 radical (unpaired) electrons.